The maximum absolute atomic E-state index is 12.3. The summed E-state index contributed by atoms with van der Waals surface area (Å²) in [4.78, 5) is 12.3. The maximum atomic E-state index is 12.3. The van der Waals surface area contributed by atoms with E-state index in [4.69, 9.17) is 17.3 Å². The van der Waals surface area contributed by atoms with E-state index in [1.807, 2.05) is 0 Å². The summed E-state index contributed by atoms with van der Waals surface area (Å²) in [6.07, 6.45) is 6.21. The van der Waals surface area contributed by atoms with Crippen molar-refractivity contribution in [1.82, 2.24) is 0 Å². The average molecular weight is 360 g/mol. The zero-order valence-corrected chi connectivity index (χ0v) is 13.8. The molecule has 110 valence electrons. The molecule has 1 saturated carbocycles. The molecule has 1 amide bonds. The zero-order chi connectivity index (χ0) is 14.6. The van der Waals surface area contributed by atoms with Crippen molar-refractivity contribution < 1.29 is 4.79 Å². The number of anilines is 1. The van der Waals surface area contributed by atoms with Crippen LogP contribution in [0.2, 0.25) is 5.02 Å². The van der Waals surface area contributed by atoms with Gasteiger partial charge in [0, 0.05) is 15.9 Å². The van der Waals surface area contributed by atoms with Crippen molar-refractivity contribution in [3.63, 3.8) is 0 Å². The second-order valence-corrected chi connectivity index (χ2v) is 6.90. The van der Waals surface area contributed by atoms with E-state index in [-0.39, 0.29) is 11.3 Å². The second kappa shape index (κ2) is 6.92. The molecular weight excluding hydrogens is 340 g/mol. The van der Waals surface area contributed by atoms with Gasteiger partial charge in [-0.25, -0.2) is 0 Å². The van der Waals surface area contributed by atoms with Gasteiger partial charge in [0.2, 0.25) is 5.91 Å². The van der Waals surface area contributed by atoms with E-state index in [9.17, 15) is 4.79 Å². The Morgan fingerprint density at radius 3 is 2.65 bits per heavy atom. The fraction of sp³-hybridized carbons (Fsp3) is 0.533. The Kier molecular flexibility index (Phi) is 5.47. The van der Waals surface area contributed by atoms with Crippen molar-refractivity contribution in [2.24, 2.45) is 11.1 Å². The summed E-state index contributed by atoms with van der Waals surface area (Å²) in [5.41, 5.74) is 6.66. The zero-order valence-electron chi connectivity index (χ0n) is 11.4. The molecule has 0 heterocycles. The van der Waals surface area contributed by atoms with Crippen LogP contribution in [0.15, 0.2) is 22.7 Å². The summed E-state index contributed by atoms with van der Waals surface area (Å²) in [5, 5.41) is 3.58. The standard InChI is InChI=1S/C15H20BrClN2O/c16-12-8-11(17)4-5-13(12)19-14(20)9-15(10-18)6-2-1-3-7-15/h4-5,8H,1-3,6-7,9-10,18H2,(H,19,20). The molecule has 1 aromatic carbocycles. The van der Waals surface area contributed by atoms with Gasteiger partial charge in [-0.15, -0.1) is 0 Å². The van der Waals surface area contributed by atoms with Crippen LogP contribution in [0.5, 0.6) is 0 Å². The Labute approximate surface area is 133 Å². The number of nitrogens with two attached hydrogens (primary N) is 1. The minimum Gasteiger partial charge on any atom is -0.330 e. The monoisotopic (exact) mass is 358 g/mol. The van der Waals surface area contributed by atoms with E-state index in [1.54, 1.807) is 18.2 Å². The predicted octanol–water partition coefficient (Wildman–Crippen LogP) is 4.34. The number of halogens is 2. The molecule has 1 aliphatic rings. The second-order valence-electron chi connectivity index (χ2n) is 5.61. The normalized spacial score (nSPS) is 17.8. The van der Waals surface area contributed by atoms with Gasteiger partial charge in [0.1, 0.15) is 0 Å². The van der Waals surface area contributed by atoms with Crippen LogP contribution in [-0.4, -0.2) is 12.5 Å². The topological polar surface area (TPSA) is 55.1 Å². The third-order valence-electron chi connectivity index (χ3n) is 4.09. The van der Waals surface area contributed by atoms with E-state index < -0.39 is 0 Å². The molecule has 0 unspecified atom stereocenters. The average Bonchev–Trinajstić information content (AvgIpc) is 2.43. The van der Waals surface area contributed by atoms with E-state index in [1.165, 1.54) is 19.3 Å². The van der Waals surface area contributed by atoms with Gasteiger partial charge in [0.05, 0.1) is 5.69 Å². The first-order valence-electron chi connectivity index (χ1n) is 7.00. The molecule has 0 bridgehead atoms. The third-order valence-corrected chi connectivity index (χ3v) is 4.98. The minimum atomic E-state index is -0.0127. The Balaban J connectivity index is 2.00. The highest BCUT2D eigenvalue weighted by Gasteiger charge is 2.33. The van der Waals surface area contributed by atoms with Gasteiger partial charge < -0.3 is 11.1 Å². The number of benzene rings is 1. The molecule has 0 aromatic heterocycles. The molecule has 20 heavy (non-hydrogen) atoms. The molecule has 1 aliphatic carbocycles. The van der Waals surface area contributed by atoms with Crippen molar-refractivity contribution in [1.29, 1.82) is 0 Å². The Bertz CT molecular complexity index is 487. The number of hydrogen-bond acceptors (Lipinski definition) is 2. The highest BCUT2D eigenvalue weighted by atomic mass is 79.9. The Hall–Kier alpha value is -0.580. The van der Waals surface area contributed by atoms with Crippen LogP contribution in [-0.2, 0) is 4.79 Å². The molecule has 0 atom stereocenters. The van der Waals surface area contributed by atoms with Crippen LogP contribution >= 0.6 is 27.5 Å². The van der Waals surface area contributed by atoms with Gasteiger partial charge in [0.15, 0.2) is 0 Å². The summed E-state index contributed by atoms with van der Waals surface area (Å²) in [6, 6.07) is 5.35. The van der Waals surface area contributed by atoms with Gasteiger partial charge >= 0.3 is 0 Å². The van der Waals surface area contributed by atoms with Crippen molar-refractivity contribution in [2.75, 3.05) is 11.9 Å². The third kappa shape index (κ3) is 3.96. The van der Waals surface area contributed by atoms with Gasteiger partial charge in [-0.2, -0.15) is 0 Å². The van der Waals surface area contributed by atoms with Crippen LogP contribution in [0, 0.1) is 5.41 Å². The fourth-order valence-electron chi connectivity index (χ4n) is 2.88. The summed E-state index contributed by atoms with van der Waals surface area (Å²) in [6.45, 7) is 0.586. The number of nitrogens with one attached hydrogen (secondary N) is 1. The highest BCUT2D eigenvalue weighted by molar-refractivity contribution is 9.10. The van der Waals surface area contributed by atoms with Gasteiger partial charge in [0.25, 0.3) is 0 Å². The maximum Gasteiger partial charge on any atom is 0.225 e. The van der Waals surface area contributed by atoms with Crippen molar-refractivity contribution in [3.05, 3.63) is 27.7 Å². The number of hydrogen-bond donors (Lipinski definition) is 2. The molecule has 1 fully saturated rings. The minimum absolute atomic E-state index is 0.0127. The molecule has 0 aliphatic heterocycles. The molecular formula is C15H20BrClN2O. The summed E-state index contributed by atoms with van der Waals surface area (Å²) < 4.78 is 0.795. The van der Waals surface area contributed by atoms with Gasteiger partial charge in [-0.3, -0.25) is 4.79 Å². The van der Waals surface area contributed by atoms with Crippen molar-refractivity contribution >= 4 is 39.1 Å². The number of amides is 1. The van der Waals surface area contributed by atoms with Crippen molar-refractivity contribution in [3.8, 4) is 0 Å². The smallest absolute Gasteiger partial charge is 0.225 e. The Morgan fingerprint density at radius 1 is 1.35 bits per heavy atom. The molecule has 0 radical (unpaired) electrons. The first-order chi connectivity index (χ1) is 9.54. The molecule has 5 heteroatoms. The van der Waals surface area contributed by atoms with E-state index in [0.717, 1.165) is 23.0 Å². The van der Waals surface area contributed by atoms with Crippen LogP contribution in [0.3, 0.4) is 0 Å². The summed E-state index contributed by atoms with van der Waals surface area (Å²) >= 11 is 9.30. The quantitative estimate of drug-likeness (QED) is 0.840. The van der Waals surface area contributed by atoms with Crippen LogP contribution in [0.25, 0.3) is 0 Å². The first kappa shape index (κ1) is 15.8. The van der Waals surface area contributed by atoms with Crippen LogP contribution in [0.4, 0.5) is 5.69 Å². The number of carbonyl (C=O) groups excluding carboxylic acids is 1. The summed E-state index contributed by atoms with van der Waals surface area (Å²) in [5.74, 6) is 0.0281. The number of rotatable bonds is 4. The van der Waals surface area contributed by atoms with E-state index >= 15 is 0 Å². The van der Waals surface area contributed by atoms with Gasteiger partial charge in [-0.1, -0.05) is 30.9 Å². The molecule has 3 N–H and O–H groups in total. The molecule has 1 aromatic rings. The van der Waals surface area contributed by atoms with E-state index in [0.29, 0.717) is 18.0 Å². The number of carbonyl (C=O) groups is 1. The molecule has 3 nitrogen and oxygen atoms in total. The SMILES string of the molecule is NCC1(CC(=O)Nc2ccc(Cl)cc2Br)CCCCC1. The Morgan fingerprint density at radius 2 is 2.05 bits per heavy atom. The fourth-order valence-corrected chi connectivity index (χ4v) is 3.66. The van der Waals surface area contributed by atoms with E-state index in [2.05, 4.69) is 21.2 Å². The van der Waals surface area contributed by atoms with Crippen LogP contribution in [0.1, 0.15) is 38.5 Å². The molecule has 0 spiro atoms. The summed E-state index contributed by atoms with van der Waals surface area (Å²) in [7, 11) is 0. The van der Waals surface area contributed by atoms with Crippen LogP contribution < -0.4 is 11.1 Å². The predicted molar refractivity (Wildman–Crippen MR) is 87.0 cm³/mol. The first-order valence-corrected chi connectivity index (χ1v) is 8.17. The molecule has 2 rings (SSSR count). The largest absolute Gasteiger partial charge is 0.330 e. The lowest BCUT2D eigenvalue weighted by atomic mass is 9.71. The van der Waals surface area contributed by atoms with Crippen molar-refractivity contribution in [2.45, 2.75) is 38.5 Å². The highest BCUT2D eigenvalue weighted by Crippen LogP contribution is 2.38. The molecule has 0 saturated heterocycles. The van der Waals surface area contributed by atoms with Gasteiger partial charge in [-0.05, 0) is 58.9 Å². The lowest BCUT2D eigenvalue weighted by molar-refractivity contribution is -0.118. The lowest BCUT2D eigenvalue weighted by Crippen LogP contribution is -2.36. The lowest BCUT2D eigenvalue weighted by Gasteiger charge is -2.35.